The van der Waals surface area contributed by atoms with Crippen LogP contribution < -0.4 is 0 Å². The molecule has 0 bridgehead atoms. The van der Waals surface area contributed by atoms with E-state index in [0.717, 1.165) is 6.92 Å². The second-order valence-corrected chi connectivity index (χ2v) is 5.11. The Morgan fingerprint density at radius 2 is 2.12 bits per heavy atom. The van der Waals surface area contributed by atoms with Gasteiger partial charge in [0.25, 0.3) is 0 Å². The van der Waals surface area contributed by atoms with Crippen LogP contribution in [0.3, 0.4) is 0 Å². The summed E-state index contributed by atoms with van der Waals surface area (Å²) in [4.78, 5) is 15.1. The lowest BCUT2D eigenvalue weighted by atomic mass is 10.2. The Labute approximate surface area is 105 Å². The first-order valence-electron chi connectivity index (χ1n) is 5.51. The van der Waals surface area contributed by atoms with Gasteiger partial charge in [0.1, 0.15) is 5.70 Å². The van der Waals surface area contributed by atoms with E-state index in [1.807, 2.05) is 0 Å². The number of Topliss-reactive ketones (excluding diaryl/α,β-unsaturated/α-hetero) is 1. The van der Waals surface area contributed by atoms with Gasteiger partial charge in [-0.3, -0.25) is 9.79 Å². The fourth-order valence-electron chi connectivity index (χ4n) is 1.83. The van der Waals surface area contributed by atoms with Crippen LogP contribution in [0, 0.1) is 11.8 Å². The smallest absolute Gasteiger partial charge is 0.248 e. The molecule has 0 aromatic heterocycles. The predicted octanol–water partition coefficient (Wildman–Crippen LogP) is 3.80. The van der Waals surface area contributed by atoms with Gasteiger partial charge in [0.05, 0.1) is 0 Å². The molecule has 1 aliphatic carbocycles. The number of carbonyl (C=O) groups excluding carboxylic acids is 1. The lowest BCUT2D eigenvalue weighted by Gasteiger charge is -2.07. The van der Waals surface area contributed by atoms with Crippen LogP contribution in [0.15, 0.2) is 15.7 Å². The number of allylic oxidation sites excluding steroid dienone is 2. The average molecular weight is 264 g/mol. The summed E-state index contributed by atoms with van der Waals surface area (Å²) >= 11 is 5.70. The van der Waals surface area contributed by atoms with Crippen molar-refractivity contribution in [1.82, 2.24) is 0 Å². The second-order valence-electron chi connectivity index (χ2n) is 4.54. The van der Waals surface area contributed by atoms with Crippen LogP contribution in [0.1, 0.15) is 33.6 Å². The molecule has 1 saturated carbocycles. The minimum Gasteiger partial charge on any atom is -0.293 e. The lowest BCUT2D eigenvalue weighted by Crippen LogP contribution is -2.14. The summed E-state index contributed by atoms with van der Waals surface area (Å²) in [6, 6.07) is 0. The van der Waals surface area contributed by atoms with Gasteiger partial charge in [0.2, 0.25) is 5.92 Å². The Morgan fingerprint density at radius 1 is 1.53 bits per heavy atom. The summed E-state index contributed by atoms with van der Waals surface area (Å²) < 4.78 is 25.7. The highest BCUT2D eigenvalue weighted by Crippen LogP contribution is 2.50. The fourth-order valence-corrected chi connectivity index (χ4v) is 2.01. The van der Waals surface area contributed by atoms with Crippen molar-refractivity contribution < 1.29 is 13.6 Å². The number of halogens is 3. The van der Waals surface area contributed by atoms with E-state index in [9.17, 15) is 13.6 Å². The molecular weight excluding hydrogens is 248 g/mol. The molecule has 1 fully saturated rings. The number of ketones is 1. The van der Waals surface area contributed by atoms with Crippen LogP contribution in [0.2, 0.25) is 0 Å². The number of alkyl halides is 2. The van der Waals surface area contributed by atoms with Gasteiger partial charge in [-0.15, -0.1) is 0 Å². The first-order chi connectivity index (χ1) is 7.73. The number of hydrogen-bond donors (Lipinski definition) is 0. The lowest BCUT2D eigenvalue weighted by molar-refractivity contribution is -0.113. The van der Waals surface area contributed by atoms with Crippen molar-refractivity contribution >= 4 is 23.6 Å². The summed E-state index contributed by atoms with van der Waals surface area (Å²) in [6.07, 6.45) is 2.50. The van der Waals surface area contributed by atoms with Crippen molar-refractivity contribution in [3.63, 3.8) is 0 Å². The van der Waals surface area contributed by atoms with Gasteiger partial charge in [0.15, 0.2) is 5.78 Å². The van der Waals surface area contributed by atoms with Crippen molar-refractivity contribution in [3.05, 3.63) is 10.7 Å². The van der Waals surface area contributed by atoms with Gasteiger partial charge >= 0.3 is 0 Å². The molecule has 0 heterocycles. The highest BCUT2D eigenvalue weighted by molar-refractivity contribution is 6.31. The van der Waals surface area contributed by atoms with Crippen LogP contribution in [0.4, 0.5) is 8.78 Å². The van der Waals surface area contributed by atoms with Gasteiger partial charge in [-0.05, 0) is 32.6 Å². The van der Waals surface area contributed by atoms with Gasteiger partial charge in [0, 0.05) is 24.1 Å². The van der Waals surface area contributed by atoms with Crippen molar-refractivity contribution in [1.29, 1.82) is 0 Å². The van der Waals surface area contributed by atoms with Crippen molar-refractivity contribution in [2.24, 2.45) is 16.8 Å². The van der Waals surface area contributed by atoms with Crippen LogP contribution in [-0.2, 0) is 4.79 Å². The highest BCUT2D eigenvalue weighted by atomic mass is 35.5. The van der Waals surface area contributed by atoms with Crippen molar-refractivity contribution in [2.45, 2.75) is 39.5 Å². The Bertz CT molecular complexity index is 367. The molecule has 17 heavy (non-hydrogen) atoms. The molecule has 2 unspecified atom stereocenters. The minimum absolute atomic E-state index is 0.0254. The van der Waals surface area contributed by atoms with E-state index in [4.69, 9.17) is 11.6 Å². The zero-order valence-electron chi connectivity index (χ0n) is 10.1. The zero-order valence-corrected chi connectivity index (χ0v) is 10.9. The Kier molecular flexibility index (Phi) is 4.42. The van der Waals surface area contributed by atoms with E-state index in [1.54, 1.807) is 6.92 Å². The maximum Gasteiger partial charge on any atom is 0.248 e. The summed E-state index contributed by atoms with van der Waals surface area (Å²) in [6.45, 7) is 3.90. The first-order valence-corrected chi connectivity index (χ1v) is 5.89. The molecule has 0 amide bonds. The zero-order chi connectivity index (χ0) is 13.2. The second kappa shape index (κ2) is 5.25. The molecule has 1 rings (SSSR count). The summed E-state index contributed by atoms with van der Waals surface area (Å²) in [5.74, 6) is -3.40. The molecule has 5 heteroatoms. The van der Waals surface area contributed by atoms with Gasteiger partial charge in [-0.2, -0.15) is 0 Å². The molecule has 0 N–H and O–H groups in total. The molecule has 0 aromatic rings. The third-order valence-electron chi connectivity index (χ3n) is 2.86. The van der Waals surface area contributed by atoms with Crippen LogP contribution >= 0.6 is 11.6 Å². The number of nitrogens with zero attached hydrogens (tertiary/aromatic N) is 1. The minimum atomic E-state index is -2.61. The molecule has 0 aliphatic heterocycles. The quantitative estimate of drug-likeness (QED) is 0.548. The fraction of sp³-hybridized carbons (Fsp3) is 0.667. The molecule has 1 aliphatic rings. The molecule has 0 radical (unpaired) electrons. The van der Waals surface area contributed by atoms with E-state index < -0.39 is 11.8 Å². The normalized spacial score (nSPS) is 26.0. The van der Waals surface area contributed by atoms with Crippen LogP contribution in [0.5, 0.6) is 0 Å². The maximum absolute atomic E-state index is 12.9. The monoisotopic (exact) mass is 263 g/mol. The van der Waals surface area contributed by atoms with Crippen LogP contribution in [-0.4, -0.2) is 17.9 Å². The standard InChI is InChI=1S/C12H16ClF2NO/c1-7(13)11(8(2)17)16-5-4-9-6-10(9)12(3,14)15/h5,9-10H,4,6H2,1-3H3/b11-7+,16-5?. The number of hydrogen-bond acceptors (Lipinski definition) is 2. The number of rotatable bonds is 5. The SMILES string of the molecule is CC(=O)/C(N=CCC1CC1C(C)(F)F)=C(/C)Cl. The Hall–Kier alpha value is -0.770. The molecule has 0 spiro atoms. The third kappa shape index (κ3) is 4.19. The van der Waals surface area contributed by atoms with Crippen molar-refractivity contribution in [3.8, 4) is 0 Å². The Morgan fingerprint density at radius 3 is 2.47 bits per heavy atom. The van der Waals surface area contributed by atoms with E-state index in [1.165, 1.54) is 13.1 Å². The van der Waals surface area contributed by atoms with Crippen LogP contribution in [0.25, 0.3) is 0 Å². The van der Waals surface area contributed by atoms with Crippen molar-refractivity contribution in [2.75, 3.05) is 0 Å². The topological polar surface area (TPSA) is 29.4 Å². The molecule has 0 saturated heterocycles. The van der Waals surface area contributed by atoms with E-state index in [2.05, 4.69) is 4.99 Å². The molecule has 96 valence electrons. The van der Waals surface area contributed by atoms with Gasteiger partial charge < -0.3 is 0 Å². The highest BCUT2D eigenvalue weighted by Gasteiger charge is 2.50. The van der Waals surface area contributed by atoms with Gasteiger partial charge in [-0.1, -0.05) is 11.6 Å². The van der Waals surface area contributed by atoms with E-state index in [0.29, 0.717) is 17.9 Å². The Balaban J connectivity index is 2.48. The molecular formula is C12H16ClF2NO. The number of aliphatic imine (C=N–C) groups is 1. The average Bonchev–Trinajstić information content (AvgIpc) is 2.89. The molecule has 0 aromatic carbocycles. The number of carbonyl (C=O) groups is 1. The summed E-state index contributed by atoms with van der Waals surface area (Å²) in [5.41, 5.74) is 0.201. The maximum atomic E-state index is 12.9. The third-order valence-corrected chi connectivity index (χ3v) is 3.04. The predicted molar refractivity (Wildman–Crippen MR) is 64.6 cm³/mol. The van der Waals surface area contributed by atoms with E-state index >= 15 is 0 Å². The van der Waals surface area contributed by atoms with E-state index in [-0.39, 0.29) is 17.4 Å². The summed E-state index contributed by atoms with van der Waals surface area (Å²) in [5, 5.41) is 0.321. The summed E-state index contributed by atoms with van der Waals surface area (Å²) in [7, 11) is 0. The first kappa shape index (κ1) is 14.3. The molecule has 2 atom stereocenters. The van der Waals surface area contributed by atoms with Gasteiger partial charge in [-0.25, -0.2) is 8.78 Å². The molecule has 2 nitrogen and oxygen atoms in total. The largest absolute Gasteiger partial charge is 0.293 e.